The standard InChI is InChI=1S/C10H11N/c1-3-5-10-8-11-7-6-9(10)4-2/h2,6-8H,3,5H2,1H3. The number of hydrogen-bond acceptors (Lipinski definition) is 1. The first-order valence-corrected chi connectivity index (χ1v) is 3.78. The van der Waals surface area contributed by atoms with Crippen LogP contribution in [0.1, 0.15) is 24.5 Å². The van der Waals surface area contributed by atoms with Gasteiger partial charge in [-0.15, -0.1) is 6.42 Å². The van der Waals surface area contributed by atoms with E-state index in [2.05, 4.69) is 17.8 Å². The van der Waals surface area contributed by atoms with Gasteiger partial charge < -0.3 is 0 Å². The second-order valence-electron chi connectivity index (χ2n) is 2.43. The maximum atomic E-state index is 5.30. The molecule has 1 heteroatoms. The van der Waals surface area contributed by atoms with E-state index < -0.39 is 0 Å². The molecule has 0 aliphatic rings. The monoisotopic (exact) mass is 145 g/mol. The molecule has 0 atom stereocenters. The summed E-state index contributed by atoms with van der Waals surface area (Å²) in [7, 11) is 0. The quantitative estimate of drug-likeness (QED) is 0.580. The molecule has 1 aromatic rings. The molecular weight excluding hydrogens is 134 g/mol. The van der Waals surface area contributed by atoms with Crippen LogP contribution in [0.5, 0.6) is 0 Å². The fourth-order valence-electron chi connectivity index (χ4n) is 1.04. The van der Waals surface area contributed by atoms with E-state index in [0.29, 0.717) is 0 Å². The number of hydrogen-bond donors (Lipinski definition) is 0. The molecule has 1 rings (SSSR count). The van der Waals surface area contributed by atoms with E-state index >= 15 is 0 Å². The summed E-state index contributed by atoms with van der Waals surface area (Å²) in [4.78, 5) is 4.02. The van der Waals surface area contributed by atoms with Crippen LogP contribution in [0.3, 0.4) is 0 Å². The second-order valence-corrected chi connectivity index (χ2v) is 2.43. The molecule has 0 saturated carbocycles. The molecule has 0 unspecified atom stereocenters. The molecule has 56 valence electrons. The van der Waals surface area contributed by atoms with Gasteiger partial charge in [-0.1, -0.05) is 19.3 Å². The minimum Gasteiger partial charge on any atom is -0.264 e. The van der Waals surface area contributed by atoms with E-state index in [1.165, 1.54) is 5.56 Å². The third-order valence-corrected chi connectivity index (χ3v) is 1.58. The molecule has 1 heterocycles. The average Bonchev–Trinajstić information content (AvgIpc) is 2.06. The molecular formula is C10H11N. The van der Waals surface area contributed by atoms with Gasteiger partial charge in [0, 0.05) is 18.0 Å². The molecule has 0 bridgehead atoms. The SMILES string of the molecule is C#Cc1ccncc1CCC. The maximum Gasteiger partial charge on any atom is 0.0312 e. The second kappa shape index (κ2) is 3.78. The van der Waals surface area contributed by atoms with Crippen LogP contribution in [0.15, 0.2) is 18.5 Å². The molecule has 0 aromatic carbocycles. The number of aromatic nitrogens is 1. The topological polar surface area (TPSA) is 12.9 Å². The molecule has 1 nitrogen and oxygen atoms in total. The summed E-state index contributed by atoms with van der Waals surface area (Å²) < 4.78 is 0. The summed E-state index contributed by atoms with van der Waals surface area (Å²) in [5.74, 6) is 2.64. The van der Waals surface area contributed by atoms with Crippen molar-refractivity contribution in [2.24, 2.45) is 0 Å². The van der Waals surface area contributed by atoms with Gasteiger partial charge in [-0.3, -0.25) is 4.98 Å². The first kappa shape index (κ1) is 7.81. The van der Waals surface area contributed by atoms with Crippen LogP contribution in [0.2, 0.25) is 0 Å². The van der Waals surface area contributed by atoms with Crippen molar-refractivity contribution in [3.05, 3.63) is 29.6 Å². The predicted octanol–water partition coefficient (Wildman–Crippen LogP) is 2.02. The van der Waals surface area contributed by atoms with Crippen molar-refractivity contribution in [1.29, 1.82) is 0 Å². The van der Waals surface area contributed by atoms with E-state index in [1.54, 1.807) is 6.20 Å². The van der Waals surface area contributed by atoms with Gasteiger partial charge in [0.15, 0.2) is 0 Å². The Morgan fingerprint density at radius 3 is 3.09 bits per heavy atom. The van der Waals surface area contributed by atoms with Crippen LogP contribution in [-0.4, -0.2) is 4.98 Å². The van der Waals surface area contributed by atoms with E-state index in [4.69, 9.17) is 6.42 Å². The minimum atomic E-state index is 0.974. The van der Waals surface area contributed by atoms with Crippen LogP contribution in [0, 0.1) is 12.3 Å². The molecule has 0 amide bonds. The summed E-state index contributed by atoms with van der Waals surface area (Å²) in [6, 6.07) is 1.88. The van der Waals surface area contributed by atoms with E-state index in [9.17, 15) is 0 Å². The van der Waals surface area contributed by atoms with Crippen LogP contribution < -0.4 is 0 Å². The van der Waals surface area contributed by atoms with Gasteiger partial charge in [0.2, 0.25) is 0 Å². The highest BCUT2D eigenvalue weighted by Crippen LogP contribution is 2.06. The lowest BCUT2D eigenvalue weighted by atomic mass is 10.1. The Morgan fingerprint density at radius 1 is 1.64 bits per heavy atom. The zero-order valence-electron chi connectivity index (χ0n) is 6.67. The summed E-state index contributed by atoms with van der Waals surface area (Å²) in [6.07, 6.45) is 11.0. The molecule has 0 aliphatic carbocycles. The van der Waals surface area contributed by atoms with Crippen LogP contribution in [0.4, 0.5) is 0 Å². The highest BCUT2D eigenvalue weighted by molar-refractivity contribution is 5.37. The van der Waals surface area contributed by atoms with Crippen LogP contribution in [0.25, 0.3) is 0 Å². The van der Waals surface area contributed by atoms with Crippen molar-refractivity contribution >= 4 is 0 Å². The van der Waals surface area contributed by atoms with Crippen molar-refractivity contribution in [2.45, 2.75) is 19.8 Å². The third-order valence-electron chi connectivity index (χ3n) is 1.58. The average molecular weight is 145 g/mol. The first-order valence-electron chi connectivity index (χ1n) is 3.78. The zero-order chi connectivity index (χ0) is 8.10. The Kier molecular flexibility index (Phi) is 2.68. The van der Waals surface area contributed by atoms with Crippen molar-refractivity contribution in [2.75, 3.05) is 0 Å². The Hall–Kier alpha value is -1.29. The number of terminal acetylenes is 1. The molecule has 1 aromatic heterocycles. The van der Waals surface area contributed by atoms with Crippen molar-refractivity contribution < 1.29 is 0 Å². The lowest BCUT2D eigenvalue weighted by Gasteiger charge is -1.99. The van der Waals surface area contributed by atoms with Crippen molar-refractivity contribution in [3.63, 3.8) is 0 Å². The van der Waals surface area contributed by atoms with Crippen molar-refractivity contribution in [3.8, 4) is 12.3 Å². The third kappa shape index (κ3) is 1.81. The van der Waals surface area contributed by atoms with Crippen LogP contribution >= 0.6 is 0 Å². The van der Waals surface area contributed by atoms with E-state index in [1.807, 2.05) is 12.3 Å². The number of aryl methyl sites for hydroxylation is 1. The largest absolute Gasteiger partial charge is 0.264 e. The number of rotatable bonds is 2. The van der Waals surface area contributed by atoms with Gasteiger partial charge in [0.05, 0.1) is 0 Å². The first-order chi connectivity index (χ1) is 5.38. The highest BCUT2D eigenvalue weighted by atomic mass is 14.6. The molecule has 0 aliphatic heterocycles. The van der Waals surface area contributed by atoms with Gasteiger partial charge in [-0.25, -0.2) is 0 Å². The maximum absolute atomic E-state index is 5.30. The Labute approximate surface area is 67.5 Å². The van der Waals surface area contributed by atoms with Gasteiger partial charge >= 0.3 is 0 Å². The fourth-order valence-corrected chi connectivity index (χ4v) is 1.04. The summed E-state index contributed by atoms with van der Waals surface area (Å²) in [5, 5.41) is 0. The molecule has 0 radical (unpaired) electrons. The number of nitrogens with zero attached hydrogens (tertiary/aromatic N) is 1. The summed E-state index contributed by atoms with van der Waals surface area (Å²) in [5.41, 5.74) is 2.15. The molecule has 0 spiro atoms. The van der Waals surface area contributed by atoms with Gasteiger partial charge in [-0.05, 0) is 18.1 Å². The Bertz CT molecular complexity index is 270. The van der Waals surface area contributed by atoms with Gasteiger partial charge in [0.25, 0.3) is 0 Å². The molecule has 11 heavy (non-hydrogen) atoms. The molecule has 0 saturated heterocycles. The van der Waals surface area contributed by atoms with Gasteiger partial charge in [0.1, 0.15) is 0 Å². The minimum absolute atomic E-state index is 0.974. The normalized spacial score (nSPS) is 9.09. The summed E-state index contributed by atoms with van der Waals surface area (Å²) in [6.45, 7) is 2.13. The smallest absolute Gasteiger partial charge is 0.0312 e. The lowest BCUT2D eigenvalue weighted by Crippen LogP contribution is -1.89. The predicted molar refractivity (Wildman–Crippen MR) is 46.2 cm³/mol. The lowest BCUT2D eigenvalue weighted by molar-refractivity contribution is 0.910. The van der Waals surface area contributed by atoms with Gasteiger partial charge in [-0.2, -0.15) is 0 Å². The molecule has 0 N–H and O–H groups in total. The molecule has 0 fully saturated rings. The van der Waals surface area contributed by atoms with E-state index in [0.717, 1.165) is 18.4 Å². The highest BCUT2D eigenvalue weighted by Gasteiger charge is 1.96. The summed E-state index contributed by atoms with van der Waals surface area (Å²) >= 11 is 0. The Morgan fingerprint density at radius 2 is 2.45 bits per heavy atom. The fraction of sp³-hybridized carbons (Fsp3) is 0.300. The number of pyridine rings is 1. The van der Waals surface area contributed by atoms with Crippen molar-refractivity contribution in [1.82, 2.24) is 4.98 Å². The zero-order valence-corrected chi connectivity index (χ0v) is 6.67. The van der Waals surface area contributed by atoms with E-state index in [-0.39, 0.29) is 0 Å². The Balaban J connectivity index is 2.95. The van der Waals surface area contributed by atoms with Crippen LogP contribution in [-0.2, 0) is 6.42 Å².